The maximum atomic E-state index is 14.1. The first-order valence-corrected chi connectivity index (χ1v) is 15.7. The zero-order valence-corrected chi connectivity index (χ0v) is 21.3. The van der Waals surface area contributed by atoms with E-state index in [2.05, 4.69) is 0 Å². The first kappa shape index (κ1) is 30.9. The van der Waals surface area contributed by atoms with Crippen LogP contribution in [0.2, 0.25) is 17.3 Å². The Hall–Kier alpha value is -0.119. The van der Waals surface area contributed by atoms with Gasteiger partial charge in [-0.25, -0.2) is 34.3 Å². The summed E-state index contributed by atoms with van der Waals surface area (Å²) in [5, 5.41) is -2.18. The molecule has 0 aliphatic rings. The number of hydrogen-bond donors (Lipinski definition) is 0. The van der Waals surface area contributed by atoms with Crippen LogP contribution in [0.15, 0.2) is 0 Å². The van der Waals surface area contributed by atoms with Gasteiger partial charge in [-0.05, 0) is 25.2 Å². The van der Waals surface area contributed by atoms with E-state index in [-0.39, 0.29) is 12.8 Å². The molecule has 3 atom stereocenters. The number of unbranched alkanes of at least 4 members (excludes halogenated alkanes) is 2. The summed E-state index contributed by atoms with van der Waals surface area (Å²) in [5.41, 5.74) is -4.20. The predicted octanol–water partition coefficient (Wildman–Crippen LogP) is 6.85. The highest BCUT2D eigenvalue weighted by atomic mass is 28.5. The van der Waals surface area contributed by atoms with Crippen LogP contribution in [-0.2, 0) is 0 Å². The summed E-state index contributed by atoms with van der Waals surface area (Å²) in [4.78, 5) is 0. The smallest absolute Gasteiger partial charge is 0.241 e. The Bertz CT molecular complexity index is 469. The fourth-order valence-corrected chi connectivity index (χ4v) is 9.66. The van der Waals surface area contributed by atoms with Gasteiger partial charge in [-0.15, -0.1) is 0 Å². The van der Waals surface area contributed by atoms with E-state index in [0.29, 0.717) is 18.9 Å². The maximum Gasteiger partial charge on any atom is 0.616 e. The Morgan fingerprint density at radius 3 is 1.90 bits per heavy atom. The molecule has 0 aliphatic heterocycles. The third kappa shape index (κ3) is 15.4. The molecule has 0 aliphatic carbocycles. The lowest BCUT2D eigenvalue weighted by Gasteiger charge is -2.29. The highest BCUT2D eigenvalue weighted by Crippen LogP contribution is 2.40. The van der Waals surface area contributed by atoms with Crippen molar-refractivity contribution in [3.63, 3.8) is 0 Å². The van der Waals surface area contributed by atoms with Gasteiger partial charge in [0.1, 0.15) is 9.52 Å². The average Bonchev–Trinajstić information content (AvgIpc) is 2.59. The summed E-state index contributed by atoms with van der Waals surface area (Å²) in [6.45, 7) is 1.24. The average molecular weight is 529 g/mol. The second-order valence-corrected chi connectivity index (χ2v) is 15.1. The summed E-state index contributed by atoms with van der Waals surface area (Å²) in [6.07, 6.45) is -11.8. The van der Waals surface area contributed by atoms with Crippen molar-refractivity contribution in [1.29, 1.82) is 0 Å². The Morgan fingerprint density at radius 2 is 1.39 bits per heavy atom. The molecule has 0 nitrogen and oxygen atoms in total. The molecule has 3 unspecified atom stereocenters. The van der Waals surface area contributed by atoms with Gasteiger partial charge in [-0.2, -0.15) is 13.2 Å². The first-order valence-electron chi connectivity index (χ1n) is 10.5. The second-order valence-electron chi connectivity index (χ2n) is 8.16. The van der Waals surface area contributed by atoms with Gasteiger partial charge in [0.2, 0.25) is 6.43 Å². The van der Waals surface area contributed by atoms with Crippen molar-refractivity contribution in [3.8, 4) is 0 Å². The van der Waals surface area contributed by atoms with Crippen LogP contribution in [0.25, 0.3) is 0 Å². The molecular weight excluding hydrogens is 497 g/mol. The normalized spacial score (nSPS) is 17.3. The number of rotatable bonds is 17. The van der Waals surface area contributed by atoms with E-state index >= 15 is 0 Å². The van der Waals surface area contributed by atoms with Gasteiger partial charge in [0, 0.05) is 27.5 Å². The van der Waals surface area contributed by atoms with Crippen molar-refractivity contribution in [2.45, 2.75) is 99.9 Å². The van der Waals surface area contributed by atoms with E-state index < -0.39 is 82.8 Å². The highest BCUT2D eigenvalue weighted by molar-refractivity contribution is 6.73. The highest BCUT2D eigenvalue weighted by Gasteiger charge is 2.55. The third-order valence-electron chi connectivity index (χ3n) is 5.31. The number of hydrogen-bond acceptors (Lipinski definition) is 0. The molecule has 0 radical (unpaired) electrons. The van der Waals surface area contributed by atoms with Crippen LogP contribution < -0.4 is 0 Å². The Morgan fingerprint density at radius 1 is 0.774 bits per heavy atom. The monoisotopic (exact) mass is 528 g/mol. The maximum absolute atomic E-state index is 14.1. The second kappa shape index (κ2) is 14.2. The van der Waals surface area contributed by atoms with Crippen LogP contribution >= 0.6 is 0 Å². The summed E-state index contributed by atoms with van der Waals surface area (Å²) < 4.78 is 143. The molecule has 0 amide bonds. The number of halogens is 11. The van der Waals surface area contributed by atoms with Crippen molar-refractivity contribution in [2.75, 3.05) is 0 Å². The van der Waals surface area contributed by atoms with E-state index in [1.165, 1.54) is 6.92 Å². The van der Waals surface area contributed by atoms with E-state index in [0.717, 1.165) is 12.5 Å². The van der Waals surface area contributed by atoms with Crippen molar-refractivity contribution in [2.24, 2.45) is 5.92 Å². The van der Waals surface area contributed by atoms with Gasteiger partial charge < -0.3 is 0 Å². The van der Waals surface area contributed by atoms with Crippen LogP contribution in [-0.4, -0.2) is 52.4 Å². The molecular formula is C17H31F11Si3. The molecule has 0 saturated carbocycles. The Balaban J connectivity index is 4.54. The van der Waals surface area contributed by atoms with E-state index in [1.54, 1.807) is 0 Å². The molecule has 0 aromatic carbocycles. The molecule has 0 aromatic rings. The molecule has 188 valence electrons. The quantitative estimate of drug-likeness (QED) is 0.0838. The summed E-state index contributed by atoms with van der Waals surface area (Å²) >= 11 is 0. The minimum absolute atomic E-state index is 0.106. The van der Waals surface area contributed by atoms with Crippen LogP contribution in [0, 0.1) is 5.92 Å². The predicted molar refractivity (Wildman–Crippen MR) is 108 cm³/mol. The first-order chi connectivity index (χ1) is 14.1. The summed E-state index contributed by atoms with van der Waals surface area (Å²) in [5.74, 6) is -1.06. The van der Waals surface area contributed by atoms with Crippen LogP contribution in [0.3, 0.4) is 0 Å². The van der Waals surface area contributed by atoms with Gasteiger partial charge in [0.15, 0.2) is 6.17 Å². The van der Waals surface area contributed by atoms with Gasteiger partial charge in [0.25, 0.3) is 5.55 Å². The lowest BCUT2D eigenvalue weighted by molar-refractivity contribution is -0.137. The van der Waals surface area contributed by atoms with Gasteiger partial charge >= 0.3 is 15.3 Å². The molecule has 0 fully saturated rings. The molecule has 0 heterocycles. The van der Waals surface area contributed by atoms with Crippen LogP contribution in [0.1, 0.15) is 58.3 Å². The lowest BCUT2D eigenvalue weighted by atomic mass is 10.1. The standard InChI is InChI=1S/C17H31F11Si3/c1-12(8-11-29-10-4-2-3-7-14(19)20)15(31(26,27)28)30-17(24,25)13(18)6-5-9-16(21,22)23/h12-15H,2-11,29-30H2,1H3. The third-order valence-corrected chi connectivity index (χ3v) is 12.9. The zero-order chi connectivity index (χ0) is 24.3. The van der Waals surface area contributed by atoms with Crippen LogP contribution in [0.5, 0.6) is 0 Å². The van der Waals surface area contributed by atoms with E-state index in [4.69, 9.17) is 0 Å². The van der Waals surface area contributed by atoms with Crippen molar-refractivity contribution < 1.29 is 47.4 Å². The fourth-order valence-electron chi connectivity index (χ4n) is 3.43. The molecule has 0 aromatic heterocycles. The molecule has 14 heteroatoms. The van der Waals surface area contributed by atoms with E-state index in [9.17, 15) is 47.4 Å². The minimum atomic E-state index is -6.48. The fraction of sp³-hybridized carbons (Fsp3) is 1.00. The molecule has 0 bridgehead atoms. The van der Waals surface area contributed by atoms with Crippen molar-refractivity contribution in [3.05, 3.63) is 0 Å². The van der Waals surface area contributed by atoms with Crippen molar-refractivity contribution in [1.82, 2.24) is 0 Å². The lowest BCUT2D eigenvalue weighted by Crippen LogP contribution is -2.46. The Labute approximate surface area is 181 Å². The topological polar surface area (TPSA) is 0 Å². The van der Waals surface area contributed by atoms with Crippen LogP contribution in [0.4, 0.5) is 47.4 Å². The molecule has 31 heavy (non-hydrogen) atoms. The molecule has 0 rings (SSSR count). The van der Waals surface area contributed by atoms with Gasteiger partial charge in [0.05, 0.1) is 0 Å². The van der Waals surface area contributed by atoms with Gasteiger partial charge in [-0.1, -0.05) is 38.3 Å². The summed E-state index contributed by atoms with van der Waals surface area (Å²) in [6, 6.07) is 1.28. The SMILES string of the molecule is CC(CC[SiH2]CCCCCC(F)F)C([SiH2]C(F)(F)C(F)CCCC(F)(F)F)[Si](F)(F)F. The molecule has 0 N–H and O–H groups in total. The number of alkyl halides is 8. The molecule has 0 saturated heterocycles. The Kier molecular flexibility index (Phi) is 14.2. The largest absolute Gasteiger partial charge is 0.616 e. The van der Waals surface area contributed by atoms with E-state index in [1.807, 2.05) is 0 Å². The minimum Gasteiger partial charge on any atom is -0.241 e. The summed E-state index contributed by atoms with van der Waals surface area (Å²) in [7, 11) is -10.5. The zero-order valence-electron chi connectivity index (χ0n) is 17.5. The molecule has 0 spiro atoms. The van der Waals surface area contributed by atoms with Crippen molar-refractivity contribution >= 4 is 28.1 Å². The van der Waals surface area contributed by atoms with Gasteiger partial charge in [-0.3, -0.25) is 0 Å².